The zero-order valence-electron chi connectivity index (χ0n) is 18.3. The maximum Gasteiger partial charge on any atom is 0.319 e. The molecule has 0 saturated carbocycles. The fourth-order valence-electron chi connectivity index (χ4n) is 3.36. The molecule has 1 saturated heterocycles. The minimum Gasteiger partial charge on any atom is -0.487 e. The molecule has 9 heteroatoms. The van der Waals surface area contributed by atoms with E-state index in [1.807, 2.05) is 12.3 Å². The Labute approximate surface area is 196 Å². The Kier molecular flexibility index (Phi) is 7.54. The van der Waals surface area contributed by atoms with Crippen LogP contribution in [0.1, 0.15) is 33.9 Å². The third-order valence-corrected chi connectivity index (χ3v) is 5.91. The molecule has 3 aromatic rings. The summed E-state index contributed by atoms with van der Waals surface area (Å²) in [7, 11) is 0. The van der Waals surface area contributed by atoms with E-state index in [0.717, 1.165) is 30.2 Å². The zero-order chi connectivity index (χ0) is 23.0. The SMILES string of the molecule is Cc1nc(COc2ccc(C(=O)Nc3ccc(NC(=O)NCC4CCCO4)cc3)cc2)cs1. The summed E-state index contributed by atoms with van der Waals surface area (Å²) in [5.41, 5.74) is 2.67. The Morgan fingerprint density at radius 2 is 1.82 bits per heavy atom. The second-order valence-electron chi connectivity index (χ2n) is 7.67. The van der Waals surface area contributed by atoms with Gasteiger partial charge in [0.05, 0.1) is 16.8 Å². The summed E-state index contributed by atoms with van der Waals surface area (Å²) in [4.78, 5) is 28.9. The van der Waals surface area contributed by atoms with E-state index in [4.69, 9.17) is 9.47 Å². The summed E-state index contributed by atoms with van der Waals surface area (Å²) in [6.07, 6.45) is 2.10. The zero-order valence-corrected chi connectivity index (χ0v) is 19.1. The maximum atomic E-state index is 12.5. The number of anilines is 2. The Bertz CT molecular complexity index is 1080. The van der Waals surface area contributed by atoms with E-state index in [9.17, 15) is 9.59 Å². The molecule has 33 heavy (non-hydrogen) atoms. The van der Waals surface area contributed by atoms with E-state index in [-0.39, 0.29) is 18.0 Å². The van der Waals surface area contributed by atoms with E-state index in [2.05, 4.69) is 20.9 Å². The fraction of sp³-hybridized carbons (Fsp3) is 0.292. The molecule has 1 aliphatic heterocycles. The number of urea groups is 1. The first-order chi connectivity index (χ1) is 16.0. The van der Waals surface area contributed by atoms with Gasteiger partial charge in [0.15, 0.2) is 0 Å². The molecule has 1 atom stereocenters. The number of thiazole rings is 1. The van der Waals surface area contributed by atoms with Gasteiger partial charge in [0.1, 0.15) is 12.4 Å². The van der Waals surface area contributed by atoms with Crippen LogP contribution in [0, 0.1) is 6.92 Å². The van der Waals surface area contributed by atoms with Crippen LogP contribution in [-0.2, 0) is 11.3 Å². The highest BCUT2D eigenvalue weighted by Gasteiger charge is 2.16. The van der Waals surface area contributed by atoms with Crippen LogP contribution in [0.25, 0.3) is 0 Å². The van der Waals surface area contributed by atoms with Gasteiger partial charge in [-0.1, -0.05) is 0 Å². The van der Waals surface area contributed by atoms with Crippen molar-refractivity contribution in [1.82, 2.24) is 10.3 Å². The highest BCUT2D eigenvalue weighted by molar-refractivity contribution is 7.09. The van der Waals surface area contributed by atoms with E-state index < -0.39 is 0 Å². The third kappa shape index (κ3) is 6.77. The van der Waals surface area contributed by atoms with Crippen molar-refractivity contribution in [3.05, 3.63) is 70.2 Å². The number of nitrogens with one attached hydrogen (secondary N) is 3. The summed E-state index contributed by atoms with van der Waals surface area (Å²) in [5.74, 6) is 0.442. The molecule has 1 unspecified atom stereocenters. The summed E-state index contributed by atoms with van der Waals surface area (Å²) < 4.78 is 11.2. The summed E-state index contributed by atoms with van der Waals surface area (Å²) in [5, 5.41) is 11.4. The van der Waals surface area contributed by atoms with Crippen LogP contribution >= 0.6 is 11.3 Å². The number of carbonyl (C=O) groups is 2. The van der Waals surface area contributed by atoms with Gasteiger partial charge in [-0.2, -0.15) is 0 Å². The lowest BCUT2D eigenvalue weighted by atomic mass is 10.2. The van der Waals surface area contributed by atoms with Crippen LogP contribution < -0.4 is 20.7 Å². The van der Waals surface area contributed by atoms with E-state index >= 15 is 0 Å². The molecule has 4 rings (SSSR count). The van der Waals surface area contributed by atoms with Gasteiger partial charge in [0.2, 0.25) is 0 Å². The van der Waals surface area contributed by atoms with Crippen molar-refractivity contribution in [3.63, 3.8) is 0 Å². The fourth-order valence-corrected chi connectivity index (χ4v) is 3.96. The molecular formula is C24H26N4O4S. The van der Waals surface area contributed by atoms with E-state index in [1.54, 1.807) is 59.9 Å². The molecule has 172 valence electrons. The third-order valence-electron chi connectivity index (χ3n) is 5.08. The summed E-state index contributed by atoms with van der Waals surface area (Å²) in [6, 6.07) is 13.6. The van der Waals surface area contributed by atoms with Gasteiger partial charge in [0, 0.05) is 35.5 Å². The largest absolute Gasteiger partial charge is 0.487 e. The van der Waals surface area contributed by atoms with E-state index in [0.29, 0.717) is 35.8 Å². The monoisotopic (exact) mass is 466 g/mol. The molecule has 8 nitrogen and oxygen atoms in total. The number of rotatable bonds is 8. The van der Waals surface area contributed by atoms with Gasteiger partial charge in [-0.3, -0.25) is 4.79 Å². The maximum absolute atomic E-state index is 12.5. The Morgan fingerprint density at radius 1 is 1.09 bits per heavy atom. The van der Waals surface area contributed by atoms with Gasteiger partial charge in [0.25, 0.3) is 5.91 Å². The van der Waals surface area contributed by atoms with Crippen LogP contribution in [0.2, 0.25) is 0 Å². The van der Waals surface area contributed by atoms with Crippen molar-refractivity contribution < 1.29 is 19.1 Å². The van der Waals surface area contributed by atoms with Crippen molar-refractivity contribution >= 4 is 34.6 Å². The molecule has 0 bridgehead atoms. The number of hydrogen-bond donors (Lipinski definition) is 3. The molecule has 1 aliphatic rings. The molecule has 3 N–H and O–H groups in total. The van der Waals surface area contributed by atoms with Crippen molar-refractivity contribution in [2.24, 2.45) is 0 Å². The number of ether oxygens (including phenoxy) is 2. The van der Waals surface area contributed by atoms with E-state index in [1.165, 1.54) is 0 Å². The molecule has 0 radical (unpaired) electrons. The van der Waals surface area contributed by atoms with Crippen LogP contribution in [0.4, 0.5) is 16.2 Å². The van der Waals surface area contributed by atoms with Crippen molar-refractivity contribution in [1.29, 1.82) is 0 Å². The first-order valence-corrected chi connectivity index (χ1v) is 11.6. The number of aryl methyl sites for hydroxylation is 1. The van der Waals surface area contributed by atoms with Crippen LogP contribution in [0.15, 0.2) is 53.9 Å². The molecule has 3 amide bonds. The first-order valence-electron chi connectivity index (χ1n) is 10.8. The van der Waals surface area contributed by atoms with Gasteiger partial charge in [-0.15, -0.1) is 11.3 Å². The molecule has 2 aromatic carbocycles. The minimum atomic E-state index is -0.283. The Morgan fingerprint density at radius 3 is 2.45 bits per heavy atom. The number of hydrogen-bond acceptors (Lipinski definition) is 6. The van der Waals surface area contributed by atoms with Crippen molar-refractivity contribution in [3.8, 4) is 5.75 Å². The molecule has 0 spiro atoms. The quantitative estimate of drug-likeness (QED) is 0.451. The van der Waals surface area contributed by atoms with Crippen molar-refractivity contribution in [2.45, 2.75) is 32.5 Å². The standard InChI is InChI=1S/C24H26N4O4S/c1-16-26-20(15-33-16)14-32-21-10-4-17(5-11-21)23(29)27-18-6-8-19(9-7-18)28-24(30)25-13-22-3-2-12-31-22/h4-11,15,22H,2-3,12-14H2,1H3,(H,27,29)(H2,25,28,30). The molecule has 0 aliphatic carbocycles. The van der Waals surface area contributed by atoms with Crippen LogP contribution in [0.5, 0.6) is 5.75 Å². The molecule has 2 heterocycles. The lowest BCUT2D eigenvalue weighted by Crippen LogP contribution is -2.35. The van der Waals surface area contributed by atoms with Gasteiger partial charge >= 0.3 is 6.03 Å². The Balaban J connectivity index is 1.23. The smallest absolute Gasteiger partial charge is 0.319 e. The van der Waals surface area contributed by atoms with Gasteiger partial charge < -0.3 is 25.4 Å². The number of benzene rings is 2. The first kappa shape index (κ1) is 22.8. The molecule has 1 aromatic heterocycles. The second-order valence-corrected chi connectivity index (χ2v) is 8.73. The lowest BCUT2D eigenvalue weighted by molar-refractivity contribution is 0.102. The van der Waals surface area contributed by atoms with Gasteiger partial charge in [-0.25, -0.2) is 9.78 Å². The minimum absolute atomic E-state index is 0.0937. The number of aromatic nitrogens is 1. The van der Waals surface area contributed by atoms with Crippen LogP contribution in [-0.4, -0.2) is 36.2 Å². The second kappa shape index (κ2) is 10.9. The number of nitrogens with zero attached hydrogens (tertiary/aromatic N) is 1. The molecule has 1 fully saturated rings. The molecular weight excluding hydrogens is 440 g/mol. The van der Waals surface area contributed by atoms with Crippen molar-refractivity contribution in [2.75, 3.05) is 23.8 Å². The average molecular weight is 467 g/mol. The number of carbonyl (C=O) groups excluding carboxylic acids is 2. The normalized spacial score (nSPS) is 15.1. The number of amides is 3. The predicted molar refractivity (Wildman–Crippen MR) is 128 cm³/mol. The topological polar surface area (TPSA) is 102 Å². The Hall–Kier alpha value is -3.43. The lowest BCUT2D eigenvalue weighted by Gasteiger charge is -2.12. The van der Waals surface area contributed by atoms with Gasteiger partial charge in [-0.05, 0) is 68.3 Å². The average Bonchev–Trinajstić information content (AvgIpc) is 3.49. The summed E-state index contributed by atoms with van der Waals surface area (Å²) >= 11 is 1.58. The highest BCUT2D eigenvalue weighted by Crippen LogP contribution is 2.18. The predicted octanol–water partition coefficient (Wildman–Crippen LogP) is 4.58. The van der Waals surface area contributed by atoms with Crippen LogP contribution in [0.3, 0.4) is 0 Å². The summed E-state index contributed by atoms with van der Waals surface area (Å²) in [6.45, 7) is 3.60. The highest BCUT2D eigenvalue weighted by atomic mass is 32.1.